The molecular formula is C42H51FN4O8S. The van der Waals surface area contributed by atoms with Crippen LogP contribution in [0.2, 0.25) is 0 Å². The molecule has 0 unspecified atom stereocenters. The van der Waals surface area contributed by atoms with Crippen molar-refractivity contribution in [2.24, 2.45) is 17.8 Å². The van der Waals surface area contributed by atoms with Crippen LogP contribution in [0.3, 0.4) is 0 Å². The zero-order valence-electron chi connectivity index (χ0n) is 32.5. The summed E-state index contributed by atoms with van der Waals surface area (Å²) in [6.07, 6.45) is 7.04. The van der Waals surface area contributed by atoms with Crippen LogP contribution in [0.5, 0.6) is 17.4 Å². The number of carbonyl (C=O) groups excluding carboxylic acids is 3. The van der Waals surface area contributed by atoms with Crippen molar-refractivity contribution in [3.63, 3.8) is 0 Å². The van der Waals surface area contributed by atoms with Gasteiger partial charge >= 0.3 is 0 Å². The molecule has 0 spiro atoms. The second-order valence-electron chi connectivity index (χ2n) is 16.4. The van der Waals surface area contributed by atoms with E-state index < -0.39 is 56.5 Å². The minimum absolute atomic E-state index is 0.0587. The third kappa shape index (κ3) is 8.50. The zero-order valence-corrected chi connectivity index (χ0v) is 33.4. The van der Waals surface area contributed by atoms with Crippen LogP contribution in [0.25, 0.3) is 22.0 Å². The molecule has 3 heterocycles. The van der Waals surface area contributed by atoms with E-state index in [4.69, 9.17) is 19.2 Å². The van der Waals surface area contributed by atoms with Gasteiger partial charge in [0.25, 0.3) is 5.91 Å². The fourth-order valence-electron chi connectivity index (χ4n) is 8.06. The van der Waals surface area contributed by atoms with Gasteiger partial charge in [0, 0.05) is 29.7 Å². The molecule has 2 aliphatic carbocycles. The first-order valence-electron chi connectivity index (χ1n) is 19.6. The summed E-state index contributed by atoms with van der Waals surface area (Å²) < 4.78 is 60.8. The van der Waals surface area contributed by atoms with Gasteiger partial charge in [0.15, 0.2) is 11.6 Å². The molecule has 12 nitrogen and oxygen atoms in total. The maximum atomic E-state index is 15.2. The number of fused-ring (bicyclic) bond motifs is 3. The van der Waals surface area contributed by atoms with Crippen molar-refractivity contribution >= 4 is 38.5 Å². The minimum atomic E-state index is -3.87. The second-order valence-corrected chi connectivity index (χ2v) is 18.3. The van der Waals surface area contributed by atoms with Gasteiger partial charge in [-0.05, 0) is 112 Å². The van der Waals surface area contributed by atoms with Crippen molar-refractivity contribution in [2.45, 2.75) is 108 Å². The molecular weight excluding hydrogens is 740 g/mol. The second kappa shape index (κ2) is 15.7. The van der Waals surface area contributed by atoms with Crippen molar-refractivity contribution in [3.05, 3.63) is 60.4 Å². The molecule has 6 atom stereocenters. The van der Waals surface area contributed by atoms with Crippen LogP contribution in [-0.2, 0) is 24.4 Å². The van der Waals surface area contributed by atoms with Crippen LogP contribution in [0.1, 0.15) is 79.1 Å². The Bertz CT molecular complexity index is 2160. The van der Waals surface area contributed by atoms with Gasteiger partial charge in [0.2, 0.25) is 27.7 Å². The maximum Gasteiger partial charge on any atom is 0.259 e. The first-order chi connectivity index (χ1) is 26.6. The lowest BCUT2D eigenvalue weighted by Crippen LogP contribution is -2.56. The van der Waals surface area contributed by atoms with E-state index in [1.165, 1.54) is 11.0 Å². The molecule has 0 bridgehead atoms. The van der Waals surface area contributed by atoms with Crippen LogP contribution < -0.4 is 24.2 Å². The molecule has 2 aliphatic heterocycles. The summed E-state index contributed by atoms with van der Waals surface area (Å²) in [4.78, 5) is 48.5. The number of nitrogens with zero attached hydrogens (tertiary/aromatic N) is 2. The lowest BCUT2D eigenvalue weighted by molar-refractivity contribution is -0.140. The summed E-state index contributed by atoms with van der Waals surface area (Å²) in [5.74, 6) is -1.09. The number of methoxy groups -OCH3 is 1. The van der Waals surface area contributed by atoms with Gasteiger partial charge in [0.1, 0.15) is 23.4 Å². The number of halogens is 1. The quantitative estimate of drug-likeness (QED) is 0.246. The number of nitrogens with one attached hydrogen (secondary N) is 2. The summed E-state index contributed by atoms with van der Waals surface area (Å²) in [5, 5.41) is 3.68. The highest BCUT2D eigenvalue weighted by Crippen LogP contribution is 2.46. The Kier molecular flexibility index (Phi) is 11.1. The highest BCUT2D eigenvalue weighted by molar-refractivity contribution is 7.91. The minimum Gasteiger partial charge on any atom is -0.497 e. The Balaban J connectivity index is 1.20. The van der Waals surface area contributed by atoms with E-state index >= 15 is 4.39 Å². The number of benzene rings is 2. The fourth-order valence-corrected chi connectivity index (χ4v) is 9.42. The number of carbonyl (C=O) groups is 3. The highest BCUT2D eigenvalue weighted by Gasteiger charge is 2.62. The molecule has 56 heavy (non-hydrogen) atoms. The first-order valence-corrected chi connectivity index (χ1v) is 21.2. The SMILES string of the molecule is COc1ccc2c(O[C@@H]3C[C@H]4C(=O)N[C@]5(C(=O)NS(=O)(=O)C6CC6)C[C@H]5/C=C\CC[C@@H](C)C[C@@H](C)CC(=O)N4C3)nc(-c3ccc(OC(C)C)c(F)c3)cc2c1. The summed E-state index contributed by atoms with van der Waals surface area (Å²) in [5.41, 5.74) is -0.536. The number of ether oxygens (including phenoxy) is 3. The molecule has 3 aromatic rings. The molecule has 2 N–H and O–H groups in total. The summed E-state index contributed by atoms with van der Waals surface area (Å²) in [6, 6.07) is 10.9. The van der Waals surface area contributed by atoms with E-state index in [2.05, 4.69) is 17.0 Å². The Morgan fingerprint density at radius 3 is 2.55 bits per heavy atom. The number of hydrogen-bond acceptors (Lipinski definition) is 9. The van der Waals surface area contributed by atoms with Crippen molar-refractivity contribution in [1.29, 1.82) is 0 Å². The molecule has 1 aromatic heterocycles. The molecule has 0 radical (unpaired) electrons. The van der Waals surface area contributed by atoms with Gasteiger partial charge in [-0.25, -0.2) is 17.8 Å². The maximum absolute atomic E-state index is 15.2. The van der Waals surface area contributed by atoms with Crippen molar-refractivity contribution in [2.75, 3.05) is 13.7 Å². The normalized spacial score (nSPS) is 27.7. The van der Waals surface area contributed by atoms with Gasteiger partial charge in [0.05, 0.1) is 30.7 Å². The third-order valence-corrected chi connectivity index (χ3v) is 13.1. The molecule has 2 saturated carbocycles. The van der Waals surface area contributed by atoms with Gasteiger partial charge < -0.3 is 24.4 Å². The molecule has 3 fully saturated rings. The van der Waals surface area contributed by atoms with E-state index in [0.29, 0.717) is 41.2 Å². The lowest BCUT2D eigenvalue weighted by atomic mass is 9.91. The number of aromatic nitrogens is 1. The predicted molar refractivity (Wildman–Crippen MR) is 209 cm³/mol. The molecule has 7 rings (SSSR count). The van der Waals surface area contributed by atoms with Crippen molar-refractivity contribution < 1.29 is 41.4 Å². The standard InChI is InChI=1S/C42H51FN4O8S/c1-24(2)54-37-15-10-27(19-34(37)43)35-20-28-18-30(53-5)11-14-33(28)40(44-35)55-31-21-36-39(49)45-42(41(50)46-56(51,52)32-12-13-32)22-29(42)9-7-6-8-25(3)16-26(4)17-38(48)47(36)23-31/h7,9-11,14-15,18-20,24-26,29,31-32,36H,6,8,12-13,16-17,21-23H2,1-5H3,(H,45,49)(H,46,50)/b9-7-/t25-,26-,29-,31-,36+,42-/m1/s1. The third-order valence-electron chi connectivity index (χ3n) is 11.2. The van der Waals surface area contributed by atoms with Gasteiger partial charge in [-0.1, -0.05) is 26.0 Å². The van der Waals surface area contributed by atoms with E-state index in [1.807, 2.05) is 51.1 Å². The van der Waals surface area contributed by atoms with E-state index in [-0.39, 0.29) is 55.4 Å². The number of pyridine rings is 1. The average molecular weight is 791 g/mol. The number of sulfonamides is 1. The molecule has 4 aliphatic rings. The fraction of sp³-hybridized carbons (Fsp3) is 0.524. The van der Waals surface area contributed by atoms with Crippen LogP contribution in [0, 0.1) is 23.6 Å². The Morgan fingerprint density at radius 2 is 1.84 bits per heavy atom. The van der Waals surface area contributed by atoms with Gasteiger partial charge in [-0.3, -0.25) is 19.1 Å². The van der Waals surface area contributed by atoms with Crippen molar-refractivity contribution in [3.8, 4) is 28.6 Å². The zero-order chi connectivity index (χ0) is 39.9. The van der Waals surface area contributed by atoms with Crippen molar-refractivity contribution in [1.82, 2.24) is 19.9 Å². The first kappa shape index (κ1) is 39.5. The monoisotopic (exact) mass is 790 g/mol. The Labute approximate surface area is 327 Å². The van der Waals surface area contributed by atoms with E-state index in [1.54, 1.807) is 25.3 Å². The van der Waals surface area contributed by atoms with E-state index in [0.717, 1.165) is 24.6 Å². The number of amides is 3. The lowest BCUT2D eigenvalue weighted by Gasteiger charge is -2.27. The Morgan fingerprint density at radius 1 is 1.05 bits per heavy atom. The highest BCUT2D eigenvalue weighted by atomic mass is 32.2. The number of hydrogen-bond donors (Lipinski definition) is 2. The van der Waals surface area contributed by atoms with Crippen LogP contribution >= 0.6 is 0 Å². The number of allylic oxidation sites excluding steroid dienone is 1. The molecule has 3 amide bonds. The molecule has 14 heteroatoms. The largest absolute Gasteiger partial charge is 0.497 e. The summed E-state index contributed by atoms with van der Waals surface area (Å²) >= 11 is 0. The predicted octanol–water partition coefficient (Wildman–Crippen LogP) is 6.07. The average Bonchev–Trinajstić information content (AvgIpc) is 4.07. The Hall–Kier alpha value is -4.72. The molecule has 1 saturated heterocycles. The number of rotatable bonds is 9. The molecule has 2 aromatic carbocycles. The van der Waals surface area contributed by atoms with Gasteiger partial charge in [-0.15, -0.1) is 0 Å². The van der Waals surface area contributed by atoms with Gasteiger partial charge in [-0.2, -0.15) is 0 Å². The van der Waals surface area contributed by atoms with E-state index in [9.17, 15) is 22.8 Å². The summed E-state index contributed by atoms with van der Waals surface area (Å²) in [6.45, 7) is 7.91. The summed E-state index contributed by atoms with van der Waals surface area (Å²) in [7, 11) is -2.31. The smallest absolute Gasteiger partial charge is 0.259 e. The van der Waals surface area contributed by atoms with Crippen LogP contribution in [-0.4, -0.2) is 78.7 Å². The topological polar surface area (TPSA) is 153 Å². The van der Waals surface area contributed by atoms with Crippen LogP contribution in [0.15, 0.2) is 54.6 Å². The van der Waals surface area contributed by atoms with Crippen LogP contribution in [0.4, 0.5) is 4.39 Å². The molecule has 300 valence electrons.